The Balaban J connectivity index is 2.92. The molecule has 1 unspecified atom stereocenters. The van der Waals surface area contributed by atoms with Crippen molar-refractivity contribution >= 4 is 11.9 Å². The molecular weight excluding hydrogens is 220 g/mol. The molecule has 0 heterocycles. The molecule has 4 heteroatoms. The molecule has 0 N–H and O–H groups in total. The average molecular weight is 236 g/mol. The molecule has 4 nitrogen and oxygen atoms in total. The zero-order valence-corrected chi connectivity index (χ0v) is 10.2. The Morgan fingerprint density at radius 2 is 2.06 bits per heavy atom. The summed E-state index contributed by atoms with van der Waals surface area (Å²) in [6.07, 6.45) is 0.569. The van der Waals surface area contributed by atoms with Crippen molar-refractivity contribution in [3.05, 3.63) is 29.8 Å². The van der Waals surface area contributed by atoms with Crippen LogP contribution < -0.4 is 4.74 Å². The van der Waals surface area contributed by atoms with Crippen molar-refractivity contribution < 1.29 is 19.1 Å². The quantitative estimate of drug-likeness (QED) is 0.594. The molecule has 0 bridgehead atoms. The lowest BCUT2D eigenvalue weighted by Crippen LogP contribution is -2.17. The van der Waals surface area contributed by atoms with Crippen LogP contribution in [0.1, 0.15) is 31.7 Å². The molecule has 0 saturated carbocycles. The van der Waals surface area contributed by atoms with E-state index < -0.39 is 17.9 Å². The van der Waals surface area contributed by atoms with E-state index in [1.165, 1.54) is 6.92 Å². The highest BCUT2D eigenvalue weighted by molar-refractivity contribution is 5.88. The van der Waals surface area contributed by atoms with Gasteiger partial charge in [-0.25, -0.2) is 0 Å². The van der Waals surface area contributed by atoms with Crippen LogP contribution in [0.5, 0.6) is 5.75 Å². The van der Waals surface area contributed by atoms with E-state index in [2.05, 4.69) is 4.74 Å². The van der Waals surface area contributed by atoms with E-state index in [1.807, 2.05) is 13.0 Å². The van der Waals surface area contributed by atoms with Crippen molar-refractivity contribution in [3.63, 3.8) is 0 Å². The van der Waals surface area contributed by atoms with Crippen LogP contribution in [0.2, 0.25) is 0 Å². The third-order valence-electron chi connectivity index (χ3n) is 2.43. The van der Waals surface area contributed by atoms with Gasteiger partial charge in [-0.1, -0.05) is 19.1 Å². The van der Waals surface area contributed by atoms with Crippen LogP contribution in [0.4, 0.5) is 0 Å². The first-order chi connectivity index (χ1) is 8.08. The first kappa shape index (κ1) is 13.2. The van der Waals surface area contributed by atoms with Crippen molar-refractivity contribution in [3.8, 4) is 5.75 Å². The fourth-order valence-electron chi connectivity index (χ4n) is 1.61. The van der Waals surface area contributed by atoms with E-state index in [0.717, 1.165) is 5.56 Å². The van der Waals surface area contributed by atoms with Crippen molar-refractivity contribution in [1.82, 2.24) is 0 Å². The van der Waals surface area contributed by atoms with Crippen LogP contribution in [0.3, 0.4) is 0 Å². The second-order valence-corrected chi connectivity index (χ2v) is 3.65. The summed E-state index contributed by atoms with van der Waals surface area (Å²) in [6.45, 7) is 3.09. The van der Waals surface area contributed by atoms with E-state index in [1.54, 1.807) is 25.3 Å². The van der Waals surface area contributed by atoms with E-state index in [0.29, 0.717) is 12.2 Å². The number of hydrogen-bond acceptors (Lipinski definition) is 4. The predicted molar refractivity (Wildman–Crippen MR) is 62.8 cm³/mol. The molecule has 0 fully saturated rings. The molecule has 92 valence electrons. The fourth-order valence-corrected chi connectivity index (χ4v) is 1.61. The molecule has 1 aromatic carbocycles. The van der Waals surface area contributed by atoms with E-state index >= 15 is 0 Å². The van der Waals surface area contributed by atoms with Crippen molar-refractivity contribution in [2.75, 3.05) is 7.11 Å². The maximum atomic E-state index is 11.7. The molecular formula is C13H16O4. The second-order valence-electron chi connectivity index (χ2n) is 3.65. The lowest BCUT2D eigenvalue weighted by Gasteiger charge is -2.13. The third kappa shape index (κ3) is 3.59. The van der Waals surface area contributed by atoms with Gasteiger partial charge in [0.15, 0.2) is 0 Å². The normalized spacial score (nSPS) is 11.7. The molecule has 0 aromatic heterocycles. The number of ether oxygens (including phenoxy) is 2. The van der Waals surface area contributed by atoms with Gasteiger partial charge in [-0.15, -0.1) is 0 Å². The van der Waals surface area contributed by atoms with Gasteiger partial charge in [0.1, 0.15) is 5.75 Å². The highest BCUT2D eigenvalue weighted by Gasteiger charge is 2.22. The van der Waals surface area contributed by atoms with Crippen LogP contribution in [0.25, 0.3) is 0 Å². The van der Waals surface area contributed by atoms with Crippen molar-refractivity contribution in [2.45, 2.75) is 26.2 Å². The molecule has 0 aliphatic rings. The van der Waals surface area contributed by atoms with Crippen LogP contribution in [-0.2, 0) is 14.3 Å². The SMILES string of the molecule is CCC(C(=O)OC(C)=O)c1cccc(OC)c1. The Bertz CT molecular complexity index is 412. The van der Waals surface area contributed by atoms with Crippen molar-refractivity contribution in [2.24, 2.45) is 0 Å². The number of methoxy groups -OCH3 is 1. The lowest BCUT2D eigenvalue weighted by atomic mass is 9.96. The molecule has 1 atom stereocenters. The predicted octanol–water partition coefficient (Wildman–Crippen LogP) is 2.28. The van der Waals surface area contributed by atoms with Gasteiger partial charge in [-0.05, 0) is 24.1 Å². The maximum absolute atomic E-state index is 11.7. The summed E-state index contributed by atoms with van der Waals surface area (Å²) in [7, 11) is 1.56. The number of carbonyl (C=O) groups is 2. The van der Waals surface area contributed by atoms with E-state index in [9.17, 15) is 9.59 Å². The molecule has 0 spiro atoms. The van der Waals surface area contributed by atoms with Gasteiger partial charge >= 0.3 is 11.9 Å². The van der Waals surface area contributed by atoms with Crippen LogP contribution >= 0.6 is 0 Å². The number of benzene rings is 1. The first-order valence-corrected chi connectivity index (χ1v) is 5.44. The second kappa shape index (κ2) is 6.03. The standard InChI is InChI=1S/C13H16O4/c1-4-12(13(15)17-9(2)14)10-6-5-7-11(8-10)16-3/h5-8,12H,4H2,1-3H3. The third-order valence-corrected chi connectivity index (χ3v) is 2.43. The highest BCUT2D eigenvalue weighted by atomic mass is 16.6. The topological polar surface area (TPSA) is 52.6 Å². The van der Waals surface area contributed by atoms with Gasteiger partial charge in [0, 0.05) is 6.92 Å². The Morgan fingerprint density at radius 1 is 1.35 bits per heavy atom. The smallest absolute Gasteiger partial charge is 0.321 e. The van der Waals surface area contributed by atoms with Gasteiger partial charge in [0.25, 0.3) is 0 Å². The lowest BCUT2D eigenvalue weighted by molar-refractivity contribution is -0.159. The number of hydrogen-bond donors (Lipinski definition) is 0. The number of rotatable bonds is 4. The minimum Gasteiger partial charge on any atom is -0.497 e. The summed E-state index contributed by atoms with van der Waals surface area (Å²) in [6, 6.07) is 7.19. The van der Waals surface area contributed by atoms with Crippen LogP contribution in [0, 0.1) is 0 Å². The van der Waals surface area contributed by atoms with Crippen molar-refractivity contribution in [1.29, 1.82) is 0 Å². The zero-order chi connectivity index (χ0) is 12.8. The molecule has 0 aliphatic heterocycles. The van der Waals surface area contributed by atoms with E-state index in [-0.39, 0.29) is 0 Å². The molecule has 1 aromatic rings. The maximum Gasteiger partial charge on any atom is 0.321 e. The highest BCUT2D eigenvalue weighted by Crippen LogP contribution is 2.24. The molecule has 1 rings (SSSR count). The summed E-state index contributed by atoms with van der Waals surface area (Å²) in [5, 5.41) is 0. The van der Waals surface area contributed by atoms with Gasteiger partial charge in [-0.2, -0.15) is 0 Å². The number of carbonyl (C=O) groups excluding carboxylic acids is 2. The number of esters is 2. The Labute approximate surface area is 101 Å². The largest absolute Gasteiger partial charge is 0.497 e. The van der Waals surface area contributed by atoms with Gasteiger partial charge in [0.2, 0.25) is 0 Å². The summed E-state index contributed by atoms with van der Waals surface area (Å²) in [5.41, 5.74) is 0.790. The molecule has 0 radical (unpaired) electrons. The van der Waals surface area contributed by atoms with Crippen LogP contribution in [-0.4, -0.2) is 19.0 Å². The minimum atomic E-state index is -0.587. The summed E-state index contributed by atoms with van der Waals surface area (Å²) in [5.74, 6) is -0.866. The van der Waals surface area contributed by atoms with Crippen LogP contribution in [0.15, 0.2) is 24.3 Å². The molecule has 0 saturated heterocycles. The van der Waals surface area contributed by atoms with Gasteiger partial charge < -0.3 is 9.47 Å². The Hall–Kier alpha value is -1.84. The van der Waals surface area contributed by atoms with Gasteiger partial charge in [-0.3, -0.25) is 9.59 Å². The molecule has 0 amide bonds. The van der Waals surface area contributed by atoms with Gasteiger partial charge in [0.05, 0.1) is 13.0 Å². The molecule has 0 aliphatic carbocycles. The molecule has 17 heavy (non-hydrogen) atoms. The monoisotopic (exact) mass is 236 g/mol. The van der Waals surface area contributed by atoms with E-state index in [4.69, 9.17) is 4.74 Å². The first-order valence-electron chi connectivity index (χ1n) is 5.44. The summed E-state index contributed by atoms with van der Waals surface area (Å²) >= 11 is 0. The minimum absolute atomic E-state index is 0.436. The summed E-state index contributed by atoms with van der Waals surface area (Å²) < 4.78 is 9.70. The zero-order valence-electron chi connectivity index (χ0n) is 10.2. The summed E-state index contributed by atoms with van der Waals surface area (Å²) in [4.78, 5) is 22.5. The fraction of sp³-hybridized carbons (Fsp3) is 0.385. The average Bonchev–Trinajstić information content (AvgIpc) is 2.29. The Kier molecular flexibility index (Phi) is 4.69. The Morgan fingerprint density at radius 3 is 2.59 bits per heavy atom.